The van der Waals surface area contributed by atoms with Crippen LogP contribution < -0.4 is 9.47 Å². The summed E-state index contributed by atoms with van der Waals surface area (Å²) >= 11 is 0. The van der Waals surface area contributed by atoms with E-state index in [1.807, 2.05) is 12.1 Å². The van der Waals surface area contributed by atoms with Crippen molar-refractivity contribution < 1.29 is 23.8 Å². The van der Waals surface area contributed by atoms with Gasteiger partial charge in [-0.3, -0.25) is 4.79 Å². The molecular formula is C19H22N2O5. The average Bonchev–Trinajstić information content (AvgIpc) is 3.10. The summed E-state index contributed by atoms with van der Waals surface area (Å²) in [6.07, 6.45) is 2.47. The molecule has 1 aliphatic heterocycles. The number of carbonyl (C=O) groups excluding carboxylic acids is 2. The maximum Gasteiger partial charge on any atom is 0.355 e. The highest BCUT2D eigenvalue weighted by atomic mass is 16.5. The molecular weight excluding hydrogens is 336 g/mol. The van der Waals surface area contributed by atoms with Crippen LogP contribution in [-0.4, -0.2) is 48.7 Å². The highest BCUT2D eigenvalue weighted by molar-refractivity contribution is 5.90. The molecule has 138 valence electrons. The molecule has 0 spiro atoms. The SMILES string of the molecule is COc1cc2c(cc1OC)CN(C(=O)COC(=O)c1cccn1C)CC2. The van der Waals surface area contributed by atoms with Crippen LogP contribution in [0.15, 0.2) is 30.5 Å². The molecule has 0 fully saturated rings. The van der Waals surface area contributed by atoms with Gasteiger partial charge in [-0.2, -0.15) is 0 Å². The van der Waals surface area contributed by atoms with E-state index in [4.69, 9.17) is 14.2 Å². The number of carbonyl (C=O) groups is 2. The molecule has 1 amide bonds. The molecule has 3 rings (SSSR count). The smallest absolute Gasteiger partial charge is 0.355 e. The lowest BCUT2D eigenvalue weighted by Crippen LogP contribution is -2.38. The molecule has 0 N–H and O–H groups in total. The Morgan fingerprint density at radius 3 is 2.42 bits per heavy atom. The van der Waals surface area contributed by atoms with Gasteiger partial charge in [-0.15, -0.1) is 0 Å². The molecule has 1 aliphatic rings. The molecule has 1 aromatic carbocycles. The largest absolute Gasteiger partial charge is 0.493 e. The molecule has 0 unspecified atom stereocenters. The molecule has 2 heterocycles. The predicted molar refractivity (Wildman–Crippen MR) is 94.4 cm³/mol. The molecule has 1 aromatic heterocycles. The lowest BCUT2D eigenvalue weighted by atomic mass is 9.99. The van der Waals surface area contributed by atoms with E-state index in [-0.39, 0.29) is 12.5 Å². The first-order valence-electron chi connectivity index (χ1n) is 8.33. The molecule has 7 nitrogen and oxygen atoms in total. The topological polar surface area (TPSA) is 70.0 Å². The van der Waals surface area contributed by atoms with Crippen molar-refractivity contribution in [2.75, 3.05) is 27.4 Å². The minimum absolute atomic E-state index is 0.215. The summed E-state index contributed by atoms with van der Waals surface area (Å²) in [5.41, 5.74) is 2.56. The van der Waals surface area contributed by atoms with Crippen LogP contribution in [-0.2, 0) is 29.5 Å². The molecule has 0 saturated heterocycles. The van der Waals surface area contributed by atoms with Gasteiger partial charge >= 0.3 is 5.97 Å². The second-order valence-corrected chi connectivity index (χ2v) is 6.12. The Labute approximate surface area is 152 Å². The lowest BCUT2D eigenvalue weighted by molar-refractivity contribution is -0.135. The van der Waals surface area contributed by atoms with Crippen LogP contribution in [0.2, 0.25) is 0 Å². The fourth-order valence-electron chi connectivity index (χ4n) is 3.06. The summed E-state index contributed by atoms with van der Waals surface area (Å²) in [5, 5.41) is 0. The van der Waals surface area contributed by atoms with Crippen molar-refractivity contribution in [1.29, 1.82) is 0 Å². The third-order valence-corrected chi connectivity index (χ3v) is 4.55. The van der Waals surface area contributed by atoms with E-state index in [1.54, 1.807) is 49.1 Å². The van der Waals surface area contributed by atoms with E-state index in [0.717, 1.165) is 11.1 Å². The second-order valence-electron chi connectivity index (χ2n) is 6.12. The molecule has 0 aliphatic carbocycles. The molecule has 7 heteroatoms. The Balaban J connectivity index is 1.64. The van der Waals surface area contributed by atoms with E-state index in [2.05, 4.69) is 0 Å². The van der Waals surface area contributed by atoms with Gasteiger partial charge in [0.05, 0.1) is 14.2 Å². The van der Waals surface area contributed by atoms with Crippen LogP contribution >= 0.6 is 0 Å². The molecule has 0 atom stereocenters. The summed E-state index contributed by atoms with van der Waals surface area (Å²) in [6.45, 7) is 0.756. The molecule has 0 saturated carbocycles. The van der Waals surface area contributed by atoms with E-state index in [1.165, 1.54) is 0 Å². The maximum atomic E-state index is 12.4. The first-order valence-corrected chi connectivity index (χ1v) is 8.33. The number of methoxy groups -OCH3 is 2. The maximum absolute atomic E-state index is 12.4. The zero-order valence-corrected chi connectivity index (χ0v) is 15.2. The van der Waals surface area contributed by atoms with Crippen LogP contribution in [0.25, 0.3) is 0 Å². The Hall–Kier alpha value is -2.96. The monoisotopic (exact) mass is 358 g/mol. The molecule has 2 aromatic rings. The number of aryl methyl sites for hydroxylation is 1. The van der Waals surface area contributed by atoms with Crippen molar-refractivity contribution in [3.05, 3.63) is 47.3 Å². The summed E-state index contributed by atoms with van der Waals surface area (Å²) in [6, 6.07) is 7.25. The van der Waals surface area contributed by atoms with Crippen LogP contribution in [0.1, 0.15) is 21.6 Å². The number of hydrogen-bond acceptors (Lipinski definition) is 5. The summed E-state index contributed by atoms with van der Waals surface area (Å²) in [4.78, 5) is 26.1. The first-order chi connectivity index (χ1) is 12.5. The van der Waals surface area contributed by atoms with Gasteiger partial charge < -0.3 is 23.7 Å². The summed E-state index contributed by atoms with van der Waals surface area (Å²) in [5.74, 6) is 0.598. The van der Waals surface area contributed by atoms with Gasteiger partial charge in [0.25, 0.3) is 5.91 Å². The Bertz CT molecular complexity index is 827. The third kappa shape index (κ3) is 3.51. The fourth-order valence-corrected chi connectivity index (χ4v) is 3.06. The van der Waals surface area contributed by atoms with Gasteiger partial charge in [0, 0.05) is 26.3 Å². The second kappa shape index (κ2) is 7.51. The molecule has 0 radical (unpaired) electrons. The zero-order valence-electron chi connectivity index (χ0n) is 15.2. The van der Waals surface area contributed by atoms with Gasteiger partial charge in [0.15, 0.2) is 18.1 Å². The number of benzene rings is 1. The Morgan fingerprint density at radius 2 is 1.81 bits per heavy atom. The quantitative estimate of drug-likeness (QED) is 0.762. The van der Waals surface area contributed by atoms with Gasteiger partial charge in [0.1, 0.15) is 5.69 Å². The number of nitrogens with zero attached hydrogens (tertiary/aromatic N) is 2. The van der Waals surface area contributed by atoms with Crippen molar-refractivity contribution >= 4 is 11.9 Å². The van der Waals surface area contributed by atoms with Crippen molar-refractivity contribution in [1.82, 2.24) is 9.47 Å². The van der Waals surface area contributed by atoms with Crippen molar-refractivity contribution in [2.45, 2.75) is 13.0 Å². The minimum atomic E-state index is -0.505. The Morgan fingerprint density at radius 1 is 1.12 bits per heavy atom. The van der Waals surface area contributed by atoms with Crippen molar-refractivity contribution in [3.8, 4) is 11.5 Å². The number of ether oxygens (including phenoxy) is 3. The van der Waals surface area contributed by atoms with Crippen molar-refractivity contribution in [2.24, 2.45) is 7.05 Å². The van der Waals surface area contributed by atoms with E-state index >= 15 is 0 Å². The highest BCUT2D eigenvalue weighted by Crippen LogP contribution is 2.33. The summed E-state index contributed by atoms with van der Waals surface area (Å²) in [7, 11) is 4.94. The van der Waals surface area contributed by atoms with E-state index in [9.17, 15) is 9.59 Å². The van der Waals surface area contributed by atoms with Crippen molar-refractivity contribution in [3.63, 3.8) is 0 Å². The van der Waals surface area contributed by atoms with Crippen LogP contribution in [0.5, 0.6) is 11.5 Å². The normalized spacial score (nSPS) is 13.1. The highest BCUT2D eigenvalue weighted by Gasteiger charge is 2.24. The number of aromatic nitrogens is 1. The number of esters is 1. The van der Waals surface area contributed by atoms with Gasteiger partial charge in [0.2, 0.25) is 0 Å². The van der Waals surface area contributed by atoms with Crippen LogP contribution in [0.3, 0.4) is 0 Å². The predicted octanol–water partition coefficient (Wildman–Crippen LogP) is 1.78. The Kier molecular flexibility index (Phi) is 5.16. The number of hydrogen-bond donors (Lipinski definition) is 0. The minimum Gasteiger partial charge on any atom is -0.493 e. The van der Waals surface area contributed by atoms with Gasteiger partial charge in [-0.05, 0) is 41.8 Å². The summed E-state index contributed by atoms with van der Waals surface area (Å²) < 4.78 is 17.5. The number of rotatable bonds is 5. The van der Waals surface area contributed by atoms with E-state index in [0.29, 0.717) is 36.7 Å². The number of amides is 1. The van der Waals surface area contributed by atoms with Gasteiger partial charge in [-0.1, -0.05) is 0 Å². The third-order valence-electron chi connectivity index (χ3n) is 4.55. The molecule has 0 bridgehead atoms. The van der Waals surface area contributed by atoms with Crippen LogP contribution in [0.4, 0.5) is 0 Å². The molecule has 26 heavy (non-hydrogen) atoms. The lowest BCUT2D eigenvalue weighted by Gasteiger charge is -2.29. The standard InChI is InChI=1S/C19H22N2O5/c1-20-7-4-5-15(20)19(23)26-12-18(22)21-8-6-13-9-16(24-2)17(25-3)10-14(13)11-21/h4-5,7,9-10H,6,8,11-12H2,1-3H3. The average molecular weight is 358 g/mol. The number of fused-ring (bicyclic) bond motifs is 1. The van der Waals surface area contributed by atoms with Gasteiger partial charge in [-0.25, -0.2) is 4.79 Å². The zero-order chi connectivity index (χ0) is 18.7. The fraction of sp³-hybridized carbons (Fsp3) is 0.368. The van der Waals surface area contributed by atoms with Crippen LogP contribution in [0, 0.1) is 0 Å². The van der Waals surface area contributed by atoms with E-state index < -0.39 is 5.97 Å². The first kappa shape index (κ1) is 17.8.